The molecule has 2 aliphatic rings. The Morgan fingerprint density at radius 2 is 0.949 bits per heavy atom. The van der Waals surface area contributed by atoms with Crippen LogP contribution >= 0.6 is 0 Å². The lowest BCUT2D eigenvalue weighted by molar-refractivity contribution is 1.07. The maximum Gasteiger partial charge on any atom is 0.0889 e. The molecule has 0 aliphatic carbocycles. The molecule has 0 atom stereocenters. The van der Waals surface area contributed by atoms with Gasteiger partial charge in [0.15, 0.2) is 0 Å². The molecule has 5 nitrogen and oxygen atoms in total. The van der Waals surface area contributed by atoms with E-state index in [1.165, 1.54) is 44.5 Å². The number of aromatic nitrogens is 5. The van der Waals surface area contributed by atoms with Gasteiger partial charge in [-0.3, -0.25) is 9.97 Å². The van der Waals surface area contributed by atoms with Crippen LogP contribution in [0.4, 0.5) is 0 Å². The molecule has 5 rings (SSSR count). The van der Waals surface area contributed by atoms with Crippen molar-refractivity contribution in [1.82, 2.24) is 24.9 Å². The third-order valence-corrected chi connectivity index (χ3v) is 8.28. The molecular weight excluding hydrogens is 478 g/mol. The molecule has 2 aliphatic heterocycles. The van der Waals surface area contributed by atoms with Gasteiger partial charge in [-0.25, -0.2) is 9.97 Å². The zero-order valence-corrected chi connectivity index (χ0v) is 24.6. The van der Waals surface area contributed by atoms with Crippen LogP contribution in [0.1, 0.15) is 99.4 Å². The molecule has 5 heteroatoms. The van der Waals surface area contributed by atoms with Gasteiger partial charge in [-0.05, 0) is 122 Å². The Bertz CT molecular complexity index is 1610. The molecule has 1 N–H and O–H groups in total. The maximum absolute atomic E-state index is 5.07. The topological polar surface area (TPSA) is 67.3 Å². The minimum Gasteiger partial charge on any atom is -0.355 e. The number of fused-ring (bicyclic) bond motifs is 7. The molecule has 0 unspecified atom stereocenters. The zero-order valence-electron chi connectivity index (χ0n) is 24.6. The maximum atomic E-state index is 5.07. The van der Waals surface area contributed by atoms with E-state index in [1.807, 2.05) is 12.4 Å². The van der Waals surface area contributed by atoms with E-state index in [-0.39, 0.29) is 0 Å². The minimum atomic E-state index is 0.839. The Labute approximate surface area is 231 Å². The Morgan fingerprint density at radius 1 is 0.538 bits per heavy atom. The van der Waals surface area contributed by atoms with Crippen LogP contribution in [-0.4, -0.2) is 24.9 Å². The summed E-state index contributed by atoms with van der Waals surface area (Å²) >= 11 is 0. The lowest BCUT2D eigenvalue weighted by Gasteiger charge is -2.01. The average molecular weight is 518 g/mol. The van der Waals surface area contributed by atoms with Crippen molar-refractivity contribution in [3.8, 4) is 0 Å². The highest BCUT2D eigenvalue weighted by Gasteiger charge is 2.18. The third-order valence-electron chi connectivity index (χ3n) is 8.28. The van der Waals surface area contributed by atoms with Crippen LogP contribution in [0.2, 0.25) is 0 Å². The predicted molar refractivity (Wildman–Crippen MR) is 165 cm³/mol. The van der Waals surface area contributed by atoms with Gasteiger partial charge >= 0.3 is 0 Å². The molecule has 200 valence electrons. The van der Waals surface area contributed by atoms with E-state index in [0.717, 1.165) is 70.5 Å². The lowest BCUT2D eigenvalue weighted by atomic mass is 10.0. The summed E-state index contributed by atoms with van der Waals surface area (Å²) in [5.41, 5.74) is 17.8. The fourth-order valence-corrected chi connectivity index (χ4v) is 5.84. The first-order chi connectivity index (χ1) is 18.8. The average Bonchev–Trinajstić information content (AvgIpc) is 3.52. The van der Waals surface area contributed by atoms with E-state index in [0.29, 0.717) is 0 Å². The second kappa shape index (κ2) is 10.7. The van der Waals surface area contributed by atoms with Crippen LogP contribution in [0.3, 0.4) is 0 Å². The Morgan fingerprint density at radius 3 is 1.31 bits per heavy atom. The van der Waals surface area contributed by atoms with Crippen molar-refractivity contribution in [3.05, 3.63) is 81.7 Å². The molecule has 0 saturated carbocycles. The molecule has 3 aromatic rings. The molecule has 1 aromatic carbocycles. The number of H-pyrrole nitrogens is 1. The van der Waals surface area contributed by atoms with Gasteiger partial charge in [0.25, 0.3) is 0 Å². The molecule has 0 amide bonds. The second-order valence-electron chi connectivity index (χ2n) is 10.5. The Hall–Kier alpha value is -3.86. The standard InChI is InChI=1S/C34H39N5/c1-9-23-21(7)33-17-35-31-13-19(5)20(6)14-32(31)36-18-34-22(8)24(10-2)28(39-34)16-30-26(12-4)25(11-3)29(37-30)15-27(23)38-33/h13-18,37H,9-12H2,1-8H3. The number of hydrogen-bond acceptors (Lipinski definition) is 4. The Kier molecular flexibility index (Phi) is 7.35. The molecule has 0 spiro atoms. The van der Waals surface area contributed by atoms with Gasteiger partial charge < -0.3 is 4.98 Å². The molecule has 6 bridgehead atoms. The lowest BCUT2D eigenvalue weighted by Crippen LogP contribution is -1.87. The van der Waals surface area contributed by atoms with Crippen molar-refractivity contribution in [2.24, 2.45) is 0 Å². The summed E-state index contributed by atoms with van der Waals surface area (Å²) in [6.45, 7) is 17.4. The summed E-state index contributed by atoms with van der Waals surface area (Å²) in [6.07, 6.45) is 7.54. The number of allylic oxidation sites excluding steroid dienone is 4. The van der Waals surface area contributed by atoms with Crippen molar-refractivity contribution in [2.45, 2.75) is 81.1 Å². The highest BCUT2D eigenvalue weighted by Crippen LogP contribution is 2.34. The number of rotatable bonds is 4. The summed E-state index contributed by atoms with van der Waals surface area (Å²) < 4.78 is 0. The highest BCUT2D eigenvalue weighted by molar-refractivity contribution is 5.93. The first kappa shape index (κ1) is 26.7. The number of benzene rings is 1. The fraction of sp³-hybridized carbons (Fsp3) is 0.353. The van der Waals surface area contributed by atoms with Gasteiger partial charge in [0.1, 0.15) is 0 Å². The largest absolute Gasteiger partial charge is 0.355 e. The van der Waals surface area contributed by atoms with E-state index in [9.17, 15) is 0 Å². The normalized spacial score (nSPS) is 13.3. The highest BCUT2D eigenvalue weighted by atomic mass is 14.8. The van der Waals surface area contributed by atoms with Gasteiger partial charge in [0.2, 0.25) is 0 Å². The second-order valence-corrected chi connectivity index (χ2v) is 10.5. The van der Waals surface area contributed by atoms with Gasteiger partial charge in [0, 0.05) is 11.0 Å². The van der Waals surface area contributed by atoms with Crippen molar-refractivity contribution >= 4 is 44.4 Å². The summed E-state index contributed by atoms with van der Waals surface area (Å²) in [4.78, 5) is 23.7. The molecule has 0 radical (unpaired) electrons. The molecule has 4 heterocycles. The van der Waals surface area contributed by atoms with E-state index < -0.39 is 0 Å². The number of nitrogens with one attached hydrogen (secondary N) is 1. The summed E-state index contributed by atoms with van der Waals surface area (Å²) in [7, 11) is 0. The molecule has 0 saturated heterocycles. The predicted octanol–water partition coefficient (Wildman–Crippen LogP) is 8.76. The monoisotopic (exact) mass is 517 g/mol. The number of aromatic amines is 1. The van der Waals surface area contributed by atoms with Gasteiger partial charge in [-0.15, -0.1) is 0 Å². The van der Waals surface area contributed by atoms with Crippen LogP contribution < -0.4 is 0 Å². The van der Waals surface area contributed by atoms with Gasteiger partial charge in [-0.1, -0.05) is 27.7 Å². The molecule has 39 heavy (non-hydrogen) atoms. The number of hydrogen-bond donors (Lipinski definition) is 1. The summed E-state index contributed by atoms with van der Waals surface area (Å²) in [5.74, 6) is 0. The quantitative estimate of drug-likeness (QED) is 0.376. The van der Waals surface area contributed by atoms with Gasteiger partial charge in [0.05, 0.1) is 46.2 Å². The van der Waals surface area contributed by atoms with E-state index in [1.54, 1.807) is 0 Å². The first-order valence-electron chi connectivity index (χ1n) is 14.2. The third kappa shape index (κ3) is 4.75. The van der Waals surface area contributed by atoms with E-state index in [2.05, 4.69) is 84.6 Å². The van der Waals surface area contributed by atoms with Crippen molar-refractivity contribution in [1.29, 1.82) is 0 Å². The smallest absolute Gasteiger partial charge is 0.0889 e. The minimum absolute atomic E-state index is 0.839. The zero-order chi connectivity index (χ0) is 27.8. The van der Waals surface area contributed by atoms with Crippen LogP contribution in [0, 0.1) is 13.8 Å². The van der Waals surface area contributed by atoms with Gasteiger partial charge in [-0.2, -0.15) is 0 Å². The summed E-state index contributed by atoms with van der Waals surface area (Å²) in [5, 5.41) is 0. The SMILES string of the molecule is CCC1=C(C)c2cnc3cc(C)c(C)cc3ncc3nc(cc4[nH]c(cc1n2)c(CC)c4CC)C(CC)=C3C. The van der Waals surface area contributed by atoms with Crippen molar-refractivity contribution < 1.29 is 0 Å². The number of aryl methyl sites for hydroxylation is 4. The Balaban J connectivity index is 1.97. The molecule has 0 fully saturated rings. The molecular formula is C34H39N5. The van der Waals surface area contributed by atoms with E-state index in [4.69, 9.17) is 19.9 Å². The number of nitrogens with zero attached hydrogens (tertiary/aromatic N) is 4. The fourth-order valence-electron chi connectivity index (χ4n) is 5.84. The van der Waals surface area contributed by atoms with Crippen molar-refractivity contribution in [3.63, 3.8) is 0 Å². The van der Waals surface area contributed by atoms with Crippen LogP contribution in [0.25, 0.3) is 44.4 Å². The van der Waals surface area contributed by atoms with Crippen LogP contribution in [0.5, 0.6) is 0 Å². The summed E-state index contributed by atoms with van der Waals surface area (Å²) in [6, 6.07) is 8.69. The van der Waals surface area contributed by atoms with Crippen molar-refractivity contribution in [2.75, 3.05) is 0 Å². The van der Waals surface area contributed by atoms with E-state index >= 15 is 0 Å². The van der Waals surface area contributed by atoms with Crippen LogP contribution in [-0.2, 0) is 12.8 Å². The van der Waals surface area contributed by atoms with Crippen LogP contribution in [0.15, 0.2) is 36.7 Å². The first-order valence-corrected chi connectivity index (χ1v) is 14.2. The molecule has 2 aromatic heterocycles.